The average Bonchev–Trinajstić information content (AvgIpc) is 3.67. The molecule has 44 heavy (non-hydrogen) atoms. The molecule has 1 unspecified atom stereocenters. The standard InChI is InChI=1S/C33H49N7O4/c1-38-27-20-34-32(37-29(27)40(25-5-3-4-6-25)21-33(13-14-33)31(38)42)36-26-12-7-22(19-28(26)43-2)30(41)35-23-8-10-24(11-9-23)39-15-17-44-18-16-39/h7,12,19,23-25,32,34,36-37H,3-6,8-11,13-18,20-21H2,1-2H3,(H,35,41). The molecule has 1 atom stereocenters. The first-order chi connectivity index (χ1) is 21.4. The smallest absolute Gasteiger partial charge is 0.251 e. The molecule has 4 fully saturated rings. The van der Waals surface area contributed by atoms with E-state index in [4.69, 9.17) is 9.47 Å². The molecule has 3 aliphatic heterocycles. The third-order valence-electron chi connectivity index (χ3n) is 10.9. The number of nitrogens with zero attached hydrogens (tertiary/aromatic N) is 3. The third-order valence-corrected chi connectivity index (χ3v) is 10.9. The number of amides is 2. The van der Waals surface area contributed by atoms with Crippen LogP contribution in [0, 0.1) is 5.41 Å². The molecule has 2 amide bonds. The van der Waals surface area contributed by atoms with Crippen LogP contribution in [0.1, 0.15) is 74.6 Å². The van der Waals surface area contributed by atoms with Crippen LogP contribution in [0.15, 0.2) is 29.7 Å². The van der Waals surface area contributed by atoms with E-state index in [1.807, 2.05) is 30.1 Å². The van der Waals surface area contributed by atoms with Gasteiger partial charge in [0.05, 0.1) is 37.1 Å². The first-order valence-electron chi connectivity index (χ1n) is 16.8. The van der Waals surface area contributed by atoms with Crippen molar-refractivity contribution >= 4 is 17.5 Å². The van der Waals surface area contributed by atoms with Crippen LogP contribution in [0.3, 0.4) is 0 Å². The monoisotopic (exact) mass is 607 g/mol. The van der Waals surface area contributed by atoms with Crippen molar-refractivity contribution < 1.29 is 19.1 Å². The zero-order chi connectivity index (χ0) is 30.3. The van der Waals surface area contributed by atoms with Crippen molar-refractivity contribution in [2.45, 2.75) is 88.6 Å². The molecular formula is C33H49N7O4. The number of methoxy groups -OCH3 is 1. The Morgan fingerprint density at radius 3 is 2.50 bits per heavy atom. The van der Waals surface area contributed by atoms with Gasteiger partial charge >= 0.3 is 0 Å². The van der Waals surface area contributed by atoms with Gasteiger partial charge in [0.2, 0.25) is 5.91 Å². The second-order valence-corrected chi connectivity index (χ2v) is 13.7. The minimum Gasteiger partial charge on any atom is -0.495 e. The summed E-state index contributed by atoms with van der Waals surface area (Å²) >= 11 is 0. The lowest BCUT2D eigenvalue weighted by molar-refractivity contribution is -0.133. The van der Waals surface area contributed by atoms with Crippen LogP contribution in [0.25, 0.3) is 0 Å². The number of morpholine rings is 1. The van der Waals surface area contributed by atoms with Crippen molar-refractivity contribution in [1.29, 1.82) is 0 Å². The van der Waals surface area contributed by atoms with E-state index in [-0.39, 0.29) is 29.6 Å². The van der Waals surface area contributed by atoms with Crippen LogP contribution in [0.2, 0.25) is 0 Å². The number of likely N-dealkylation sites (N-methyl/N-ethyl adjacent to an activating group) is 1. The Kier molecular flexibility index (Phi) is 8.37. The zero-order valence-corrected chi connectivity index (χ0v) is 26.3. The van der Waals surface area contributed by atoms with E-state index < -0.39 is 0 Å². The molecule has 1 aromatic rings. The van der Waals surface area contributed by atoms with Gasteiger partial charge in [0, 0.05) is 56.9 Å². The highest BCUT2D eigenvalue weighted by molar-refractivity contribution is 5.95. The Balaban J connectivity index is 0.999. The molecule has 240 valence electrons. The second kappa shape index (κ2) is 12.4. The van der Waals surface area contributed by atoms with Crippen molar-refractivity contribution in [3.63, 3.8) is 0 Å². The summed E-state index contributed by atoms with van der Waals surface area (Å²) in [4.78, 5) is 33.6. The molecular weight excluding hydrogens is 558 g/mol. The van der Waals surface area contributed by atoms with E-state index in [1.165, 1.54) is 25.7 Å². The summed E-state index contributed by atoms with van der Waals surface area (Å²) in [7, 11) is 3.57. The number of benzene rings is 1. The van der Waals surface area contributed by atoms with E-state index in [2.05, 4.69) is 31.1 Å². The normalized spacial score (nSPS) is 29.2. The van der Waals surface area contributed by atoms with Gasteiger partial charge in [0.15, 0.2) is 6.29 Å². The molecule has 1 aromatic carbocycles. The van der Waals surface area contributed by atoms with Crippen LogP contribution >= 0.6 is 0 Å². The molecule has 4 N–H and O–H groups in total. The summed E-state index contributed by atoms with van der Waals surface area (Å²) in [5.74, 6) is 1.88. The first kappa shape index (κ1) is 29.7. The Morgan fingerprint density at radius 1 is 1.05 bits per heavy atom. The minimum absolute atomic E-state index is 0.0549. The predicted molar refractivity (Wildman–Crippen MR) is 168 cm³/mol. The fourth-order valence-electron chi connectivity index (χ4n) is 8.07. The van der Waals surface area contributed by atoms with Crippen molar-refractivity contribution in [1.82, 2.24) is 30.7 Å². The number of nitrogens with one attached hydrogen (secondary N) is 4. The van der Waals surface area contributed by atoms with Crippen LogP contribution in [-0.2, 0) is 9.53 Å². The highest BCUT2D eigenvalue weighted by atomic mass is 16.5. The van der Waals surface area contributed by atoms with Gasteiger partial charge in [-0.2, -0.15) is 0 Å². The number of anilines is 1. The van der Waals surface area contributed by atoms with E-state index >= 15 is 0 Å². The molecule has 11 nitrogen and oxygen atoms in total. The van der Waals surface area contributed by atoms with Crippen molar-refractivity contribution in [3.8, 4) is 5.75 Å². The lowest BCUT2D eigenvalue weighted by atomic mass is 9.89. The number of rotatable bonds is 7. The number of hydrogen-bond acceptors (Lipinski definition) is 9. The largest absolute Gasteiger partial charge is 0.495 e. The molecule has 0 aromatic heterocycles. The van der Waals surface area contributed by atoms with Gasteiger partial charge in [-0.25, -0.2) is 0 Å². The number of carbonyl (C=O) groups excluding carboxylic acids is 2. The lowest BCUT2D eigenvalue weighted by Gasteiger charge is -2.40. The summed E-state index contributed by atoms with van der Waals surface area (Å²) in [6.45, 7) is 5.06. The summed E-state index contributed by atoms with van der Waals surface area (Å²) in [5, 5.41) is 14.1. The van der Waals surface area contributed by atoms with Gasteiger partial charge in [-0.15, -0.1) is 0 Å². The van der Waals surface area contributed by atoms with Crippen LogP contribution in [0.5, 0.6) is 5.75 Å². The molecule has 7 rings (SSSR count). The quantitative estimate of drug-likeness (QED) is 0.372. The van der Waals surface area contributed by atoms with E-state index in [0.717, 1.165) is 88.6 Å². The van der Waals surface area contributed by atoms with Crippen LogP contribution in [0.4, 0.5) is 5.69 Å². The highest BCUT2D eigenvalue weighted by Gasteiger charge is 2.56. The van der Waals surface area contributed by atoms with Crippen LogP contribution < -0.4 is 26.0 Å². The molecule has 6 aliphatic rings. The van der Waals surface area contributed by atoms with Crippen molar-refractivity contribution in [3.05, 3.63) is 35.3 Å². The summed E-state index contributed by atoms with van der Waals surface area (Å²) in [5.41, 5.74) is 2.18. The Hall–Kier alpha value is -3.02. The molecule has 3 aliphatic carbocycles. The SMILES string of the molecule is COc1cc(C(=O)NC2CCC(N3CCOCC3)CC2)ccc1NC1NCC2=C(N1)N(C1CCCC1)CC1(CC1)C(=O)N2C. The molecule has 3 saturated carbocycles. The average molecular weight is 608 g/mol. The minimum atomic E-state index is -0.260. The summed E-state index contributed by atoms with van der Waals surface area (Å²) < 4.78 is 11.3. The molecule has 0 radical (unpaired) electrons. The van der Waals surface area contributed by atoms with E-state index in [9.17, 15) is 9.59 Å². The van der Waals surface area contributed by atoms with Gasteiger partial charge in [-0.05, 0) is 69.6 Å². The molecule has 0 bridgehead atoms. The summed E-state index contributed by atoms with van der Waals surface area (Å²) in [6.07, 6.45) is 10.7. The Morgan fingerprint density at radius 2 is 1.80 bits per heavy atom. The van der Waals surface area contributed by atoms with E-state index in [1.54, 1.807) is 7.11 Å². The summed E-state index contributed by atoms with van der Waals surface area (Å²) in [6, 6.07) is 6.88. The van der Waals surface area contributed by atoms with Crippen molar-refractivity contribution in [2.24, 2.45) is 5.41 Å². The maximum absolute atomic E-state index is 13.4. The van der Waals surface area contributed by atoms with Gasteiger partial charge in [-0.3, -0.25) is 19.8 Å². The van der Waals surface area contributed by atoms with Gasteiger partial charge in [-0.1, -0.05) is 12.8 Å². The fourth-order valence-corrected chi connectivity index (χ4v) is 8.07. The Bertz CT molecular complexity index is 1260. The topological polar surface area (TPSA) is 110 Å². The number of carbonyl (C=O) groups is 2. The fraction of sp³-hybridized carbons (Fsp3) is 0.697. The lowest BCUT2D eigenvalue weighted by Crippen LogP contribution is -2.57. The molecule has 1 spiro atoms. The van der Waals surface area contributed by atoms with E-state index in [0.29, 0.717) is 29.9 Å². The van der Waals surface area contributed by atoms with Gasteiger partial charge in [0.25, 0.3) is 5.91 Å². The molecule has 1 saturated heterocycles. The Labute approximate surface area is 261 Å². The maximum Gasteiger partial charge on any atom is 0.251 e. The molecule has 11 heteroatoms. The van der Waals surface area contributed by atoms with Crippen LogP contribution in [-0.4, -0.2) is 104 Å². The molecule has 3 heterocycles. The second-order valence-electron chi connectivity index (χ2n) is 13.7. The predicted octanol–water partition coefficient (Wildman–Crippen LogP) is 2.62. The third kappa shape index (κ3) is 5.86. The van der Waals surface area contributed by atoms with Gasteiger partial charge < -0.3 is 35.2 Å². The highest BCUT2D eigenvalue weighted by Crippen LogP contribution is 2.51. The number of hydrogen-bond donors (Lipinski definition) is 4. The zero-order valence-electron chi connectivity index (χ0n) is 26.3. The van der Waals surface area contributed by atoms with Crippen molar-refractivity contribution in [2.75, 3.05) is 58.9 Å². The van der Waals surface area contributed by atoms with Gasteiger partial charge in [0.1, 0.15) is 11.6 Å². The maximum atomic E-state index is 13.4. The first-order valence-corrected chi connectivity index (χ1v) is 16.8. The number of ether oxygens (including phenoxy) is 2.